The molecule has 17 heavy (non-hydrogen) atoms. The van der Waals surface area contributed by atoms with Crippen LogP contribution in [-0.2, 0) is 4.79 Å². The van der Waals surface area contributed by atoms with Crippen molar-refractivity contribution in [2.45, 2.75) is 26.8 Å². The summed E-state index contributed by atoms with van der Waals surface area (Å²) < 4.78 is 0. The highest BCUT2D eigenvalue weighted by Crippen LogP contribution is 2.22. The molecule has 0 spiro atoms. The Morgan fingerprint density at radius 2 is 2.29 bits per heavy atom. The maximum atomic E-state index is 12.2. The zero-order valence-electron chi connectivity index (χ0n) is 10.7. The second-order valence-corrected chi connectivity index (χ2v) is 5.54. The lowest BCUT2D eigenvalue weighted by molar-refractivity contribution is -0.140. The maximum Gasteiger partial charge on any atom is 0.228 e. The average molecular weight is 236 g/mol. The van der Waals surface area contributed by atoms with Crippen LogP contribution in [0.5, 0.6) is 0 Å². The number of H-pyrrole nitrogens is 1. The SMILES string of the molecule is CC(C)(C)C(=O)N1CCNC(c2cn[nH]c2)C1. The molecule has 2 rings (SSSR count). The van der Waals surface area contributed by atoms with Gasteiger partial charge in [-0.25, -0.2) is 0 Å². The lowest BCUT2D eigenvalue weighted by Gasteiger charge is -2.36. The van der Waals surface area contributed by atoms with E-state index in [9.17, 15) is 4.79 Å². The highest BCUT2D eigenvalue weighted by atomic mass is 16.2. The number of piperazine rings is 1. The summed E-state index contributed by atoms with van der Waals surface area (Å²) in [5.41, 5.74) is 0.801. The summed E-state index contributed by atoms with van der Waals surface area (Å²) in [5, 5.41) is 10.2. The zero-order chi connectivity index (χ0) is 12.5. The summed E-state index contributed by atoms with van der Waals surface area (Å²) in [5.74, 6) is 0.215. The molecule has 0 bridgehead atoms. The first kappa shape index (κ1) is 12.1. The number of carbonyl (C=O) groups excluding carboxylic acids is 1. The van der Waals surface area contributed by atoms with E-state index in [1.807, 2.05) is 38.1 Å². The van der Waals surface area contributed by atoms with Gasteiger partial charge < -0.3 is 10.2 Å². The summed E-state index contributed by atoms with van der Waals surface area (Å²) >= 11 is 0. The van der Waals surface area contributed by atoms with Gasteiger partial charge in [-0.3, -0.25) is 9.89 Å². The monoisotopic (exact) mass is 236 g/mol. The Morgan fingerprint density at radius 1 is 1.53 bits per heavy atom. The number of rotatable bonds is 1. The number of nitrogens with one attached hydrogen (secondary N) is 2. The summed E-state index contributed by atoms with van der Waals surface area (Å²) in [6.07, 6.45) is 3.69. The Bertz CT molecular complexity index is 380. The molecule has 1 amide bonds. The van der Waals surface area contributed by atoms with Crippen molar-refractivity contribution >= 4 is 5.91 Å². The first-order valence-corrected chi connectivity index (χ1v) is 6.00. The van der Waals surface area contributed by atoms with Crippen LogP contribution in [0.3, 0.4) is 0 Å². The molecule has 0 aliphatic carbocycles. The smallest absolute Gasteiger partial charge is 0.228 e. The van der Waals surface area contributed by atoms with Crippen LogP contribution in [0.15, 0.2) is 12.4 Å². The third-order valence-corrected chi connectivity index (χ3v) is 3.03. The maximum absolute atomic E-state index is 12.2. The molecule has 2 N–H and O–H groups in total. The van der Waals surface area contributed by atoms with Crippen LogP contribution >= 0.6 is 0 Å². The van der Waals surface area contributed by atoms with Crippen molar-refractivity contribution in [3.63, 3.8) is 0 Å². The van der Waals surface area contributed by atoms with Crippen molar-refractivity contribution < 1.29 is 4.79 Å². The minimum absolute atomic E-state index is 0.189. The Hall–Kier alpha value is -1.36. The van der Waals surface area contributed by atoms with Crippen LogP contribution < -0.4 is 5.32 Å². The molecule has 1 aromatic rings. The van der Waals surface area contributed by atoms with E-state index in [0.717, 1.165) is 25.2 Å². The number of aromatic nitrogens is 2. The first-order valence-electron chi connectivity index (χ1n) is 6.00. The van der Waals surface area contributed by atoms with Gasteiger partial charge in [0.15, 0.2) is 0 Å². The molecular formula is C12H20N4O. The third-order valence-electron chi connectivity index (χ3n) is 3.03. The summed E-state index contributed by atoms with van der Waals surface area (Å²) in [6, 6.07) is 0.189. The number of nitrogens with zero attached hydrogens (tertiary/aromatic N) is 2. The summed E-state index contributed by atoms with van der Waals surface area (Å²) in [6.45, 7) is 8.22. The van der Waals surface area contributed by atoms with Gasteiger partial charge in [-0.15, -0.1) is 0 Å². The van der Waals surface area contributed by atoms with E-state index >= 15 is 0 Å². The predicted octanol–water partition coefficient (Wildman–Crippen LogP) is 0.929. The summed E-state index contributed by atoms with van der Waals surface area (Å²) in [4.78, 5) is 14.1. The molecule has 94 valence electrons. The van der Waals surface area contributed by atoms with Gasteiger partial charge >= 0.3 is 0 Å². The Kier molecular flexibility index (Phi) is 3.19. The lowest BCUT2D eigenvalue weighted by Crippen LogP contribution is -2.51. The second kappa shape index (κ2) is 4.49. The highest BCUT2D eigenvalue weighted by Gasteiger charge is 2.31. The van der Waals surface area contributed by atoms with E-state index in [1.165, 1.54) is 0 Å². The number of carbonyl (C=O) groups is 1. The van der Waals surface area contributed by atoms with E-state index in [0.29, 0.717) is 0 Å². The Balaban J connectivity index is 2.05. The van der Waals surface area contributed by atoms with E-state index in [2.05, 4.69) is 15.5 Å². The zero-order valence-corrected chi connectivity index (χ0v) is 10.7. The van der Waals surface area contributed by atoms with Gasteiger partial charge in [-0.2, -0.15) is 5.10 Å². The van der Waals surface area contributed by atoms with Gasteiger partial charge in [0.25, 0.3) is 0 Å². The molecule has 1 saturated heterocycles. The lowest BCUT2D eigenvalue weighted by atomic mass is 9.93. The summed E-state index contributed by atoms with van der Waals surface area (Å²) in [7, 11) is 0. The number of aromatic amines is 1. The van der Waals surface area contributed by atoms with Crippen LogP contribution in [0.25, 0.3) is 0 Å². The minimum Gasteiger partial charge on any atom is -0.339 e. The fourth-order valence-electron chi connectivity index (χ4n) is 2.08. The van der Waals surface area contributed by atoms with Crippen LogP contribution in [-0.4, -0.2) is 40.6 Å². The fourth-order valence-corrected chi connectivity index (χ4v) is 2.08. The normalized spacial score (nSPS) is 21.6. The van der Waals surface area contributed by atoms with Crippen LogP contribution in [0.4, 0.5) is 0 Å². The van der Waals surface area contributed by atoms with E-state index in [1.54, 1.807) is 0 Å². The van der Waals surface area contributed by atoms with Crippen molar-refractivity contribution in [2.24, 2.45) is 5.41 Å². The molecular weight excluding hydrogens is 216 g/mol. The molecule has 1 aromatic heterocycles. The van der Waals surface area contributed by atoms with Gasteiger partial charge in [0, 0.05) is 36.8 Å². The predicted molar refractivity (Wildman–Crippen MR) is 65.4 cm³/mol. The van der Waals surface area contributed by atoms with Crippen molar-refractivity contribution in [3.05, 3.63) is 18.0 Å². The molecule has 0 saturated carbocycles. The van der Waals surface area contributed by atoms with Crippen LogP contribution in [0.1, 0.15) is 32.4 Å². The molecule has 0 radical (unpaired) electrons. The van der Waals surface area contributed by atoms with Gasteiger partial charge in [-0.1, -0.05) is 20.8 Å². The molecule has 5 nitrogen and oxygen atoms in total. The fraction of sp³-hybridized carbons (Fsp3) is 0.667. The molecule has 5 heteroatoms. The third kappa shape index (κ3) is 2.66. The molecule has 0 aromatic carbocycles. The van der Waals surface area contributed by atoms with E-state index in [-0.39, 0.29) is 17.4 Å². The Morgan fingerprint density at radius 3 is 2.88 bits per heavy atom. The first-order chi connectivity index (χ1) is 7.98. The van der Waals surface area contributed by atoms with E-state index < -0.39 is 0 Å². The van der Waals surface area contributed by atoms with Crippen molar-refractivity contribution in [3.8, 4) is 0 Å². The average Bonchev–Trinajstić information content (AvgIpc) is 2.80. The molecule has 1 atom stereocenters. The molecule has 1 fully saturated rings. The standard InChI is InChI=1S/C12H20N4O/c1-12(2,3)11(17)16-5-4-13-10(8-16)9-6-14-15-7-9/h6-7,10,13H,4-5,8H2,1-3H3,(H,14,15). The Labute approximate surface area is 102 Å². The van der Waals surface area contributed by atoms with Crippen molar-refractivity contribution in [2.75, 3.05) is 19.6 Å². The van der Waals surface area contributed by atoms with Crippen LogP contribution in [0, 0.1) is 5.41 Å². The number of amides is 1. The van der Waals surface area contributed by atoms with Crippen molar-refractivity contribution in [1.29, 1.82) is 0 Å². The quantitative estimate of drug-likeness (QED) is 0.762. The van der Waals surface area contributed by atoms with Crippen molar-refractivity contribution in [1.82, 2.24) is 20.4 Å². The van der Waals surface area contributed by atoms with Gasteiger partial charge in [0.2, 0.25) is 5.91 Å². The van der Waals surface area contributed by atoms with Gasteiger partial charge in [0.1, 0.15) is 0 Å². The van der Waals surface area contributed by atoms with Crippen LogP contribution in [0.2, 0.25) is 0 Å². The number of hydrogen-bond donors (Lipinski definition) is 2. The van der Waals surface area contributed by atoms with E-state index in [4.69, 9.17) is 0 Å². The molecule has 2 heterocycles. The van der Waals surface area contributed by atoms with Gasteiger partial charge in [-0.05, 0) is 0 Å². The topological polar surface area (TPSA) is 61.0 Å². The number of hydrogen-bond acceptors (Lipinski definition) is 3. The second-order valence-electron chi connectivity index (χ2n) is 5.54. The largest absolute Gasteiger partial charge is 0.339 e. The molecule has 1 unspecified atom stereocenters. The van der Waals surface area contributed by atoms with Gasteiger partial charge in [0.05, 0.1) is 12.2 Å². The highest BCUT2D eigenvalue weighted by molar-refractivity contribution is 5.81. The minimum atomic E-state index is -0.307. The molecule has 1 aliphatic heterocycles. The molecule has 1 aliphatic rings.